The van der Waals surface area contributed by atoms with Crippen molar-refractivity contribution >= 4 is 5.91 Å². The lowest BCUT2D eigenvalue weighted by Gasteiger charge is -2.18. The first-order chi connectivity index (χ1) is 13.3. The summed E-state index contributed by atoms with van der Waals surface area (Å²) in [5.41, 5.74) is 0.808. The smallest absolute Gasteiger partial charge is 0.349 e. The van der Waals surface area contributed by atoms with Gasteiger partial charge in [0.25, 0.3) is 5.91 Å². The topological polar surface area (TPSA) is 72.5 Å². The molecule has 2 aliphatic rings. The van der Waals surface area contributed by atoms with Gasteiger partial charge in [0.05, 0.1) is 19.1 Å². The van der Waals surface area contributed by atoms with E-state index in [0.29, 0.717) is 23.1 Å². The molecule has 2 heterocycles. The number of carbonyl (C=O) groups is 1. The average molecular weight is 395 g/mol. The summed E-state index contributed by atoms with van der Waals surface area (Å²) in [5.74, 6) is -1.20. The highest BCUT2D eigenvalue weighted by Crippen LogP contribution is 2.30. The van der Waals surface area contributed by atoms with Gasteiger partial charge in [-0.2, -0.15) is 18.2 Å². The van der Waals surface area contributed by atoms with Crippen molar-refractivity contribution in [2.75, 3.05) is 13.1 Å². The van der Waals surface area contributed by atoms with Crippen LogP contribution in [-0.4, -0.2) is 41.2 Å². The predicted octanol–water partition coefficient (Wildman–Crippen LogP) is 1.94. The van der Waals surface area contributed by atoms with Crippen molar-refractivity contribution < 1.29 is 27.4 Å². The lowest BCUT2D eigenvalue weighted by atomic mass is 10.1. The van der Waals surface area contributed by atoms with Crippen molar-refractivity contribution in [3.8, 4) is 11.4 Å². The summed E-state index contributed by atoms with van der Waals surface area (Å²) in [7, 11) is 0. The van der Waals surface area contributed by atoms with Crippen LogP contribution in [-0.2, 0) is 6.18 Å². The summed E-state index contributed by atoms with van der Waals surface area (Å²) in [6.45, 7) is 4.59. The number of carbonyl (C=O) groups excluding carboxylic acids is 1. The normalized spacial score (nSPS) is 27.0. The molecule has 2 N–H and O–H groups in total. The maximum atomic E-state index is 12.5. The van der Waals surface area contributed by atoms with Crippen LogP contribution >= 0.6 is 0 Å². The van der Waals surface area contributed by atoms with Crippen LogP contribution in [0.2, 0.25) is 0 Å². The number of nitrogens with zero attached hydrogens (tertiary/aromatic N) is 2. The zero-order chi connectivity index (χ0) is 19.9. The van der Waals surface area contributed by atoms with Gasteiger partial charge in [0, 0.05) is 35.9 Å². The fourth-order valence-electron chi connectivity index (χ4n) is 3.85. The minimum atomic E-state index is -4.68. The first-order valence-electron chi connectivity index (χ1n) is 9.48. The third-order valence-corrected chi connectivity index (χ3v) is 5.67. The van der Waals surface area contributed by atoms with Gasteiger partial charge in [-0.1, -0.05) is 17.3 Å². The molecule has 4 atom stereocenters. The molecule has 150 valence electrons. The van der Waals surface area contributed by atoms with Crippen LogP contribution in [0.15, 0.2) is 28.8 Å². The van der Waals surface area contributed by atoms with Crippen LogP contribution < -0.4 is 10.2 Å². The van der Waals surface area contributed by atoms with Crippen molar-refractivity contribution in [2.45, 2.75) is 44.4 Å². The lowest BCUT2D eigenvalue weighted by molar-refractivity contribution is -0.912. The molecule has 1 amide bonds. The van der Waals surface area contributed by atoms with Gasteiger partial charge in [-0.3, -0.25) is 4.79 Å². The number of alkyl halides is 3. The van der Waals surface area contributed by atoms with Crippen molar-refractivity contribution in [3.63, 3.8) is 0 Å². The molecule has 1 aromatic carbocycles. The number of aromatic nitrogens is 2. The maximum Gasteiger partial charge on any atom is 0.471 e. The summed E-state index contributed by atoms with van der Waals surface area (Å²) >= 11 is 0. The van der Waals surface area contributed by atoms with E-state index in [4.69, 9.17) is 0 Å². The zero-order valence-corrected chi connectivity index (χ0v) is 15.4. The number of amides is 1. The van der Waals surface area contributed by atoms with Crippen LogP contribution in [0.4, 0.5) is 13.2 Å². The summed E-state index contributed by atoms with van der Waals surface area (Å²) in [6, 6.07) is 7.05. The lowest BCUT2D eigenvalue weighted by Crippen LogP contribution is -3.13. The Labute approximate surface area is 160 Å². The molecule has 0 spiro atoms. The minimum Gasteiger partial charge on any atom is -0.349 e. The van der Waals surface area contributed by atoms with Crippen molar-refractivity contribution in [2.24, 2.45) is 5.92 Å². The highest BCUT2D eigenvalue weighted by molar-refractivity contribution is 5.95. The van der Waals surface area contributed by atoms with Gasteiger partial charge in [-0.15, -0.1) is 0 Å². The number of rotatable bonds is 5. The number of quaternary nitrogens is 1. The standard InChI is InChI=1S/C19H21F3N4O2/c1-11-3-2-8-26(11)10-14-9-15(14)23-17(27)13-6-4-12(5-7-13)16-24-18(28-25-16)19(20,21)22/h4-7,11,14-15H,2-3,8-10H2,1H3,(H,23,27)/p+1/t11-,14?,15?/m0/s1. The van der Waals surface area contributed by atoms with E-state index in [1.165, 1.54) is 31.5 Å². The molecular weight excluding hydrogens is 373 g/mol. The summed E-state index contributed by atoms with van der Waals surface area (Å²) in [6.07, 6.45) is -1.13. The second-order valence-electron chi connectivity index (χ2n) is 7.73. The Morgan fingerprint density at radius 3 is 2.68 bits per heavy atom. The maximum absolute atomic E-state index is 12.5. The van der Waals surface area contributed by atoms with Crippen LogP contribution in [0, 0.1) is 5.92 Å². The molecule has 2 fully saturated rings. The Hall–Kier alpha value is -2.42. The number of benzene rings is 1. The molecular formula is C19H22F3N4O2+. The molecule has 4 rings (SSSR count). The zero-order valence-electron chi connectivity index (χ0n) is 15.4. The fourth-order valence-corrected chi connectivity index (χ4v) is 3.85. The Bertz CT molecular complexity index is 850. The molecule has 1 aliphatic carbocycles. The third kappa shape index (κ3) is 4.04. The Balaban J connectivity index is 1.33. The molecule has 28 heavy (non-hydrogen) atoms. The van der Waals surface area contributed by atoms with Gasteiger partial charge < -0.3 is 14.7 Å². The van der Waals surface area contributed by atoms with E-state index in [2.05, 4.69) is 26.9 Å². The number of halogens is 3. The van der Waals surface area contributed by atoms with Gasteiger partial charge in [0.2, 0.25) is 5.82 Å². The first-order valence-corrected chi connectivity index (χ1v) is 9.48. The summed E-state index contributed by atoms with van der Waals surface area (Å²) < 4.78 is 41.9. The molecule has 1 saturated carbocycles. The Morgan fingerprint density at radius 2 is 2.07 bits per heavy atom. The van der Waals surface area contributed by atoms with Crippen LogP contribution in [0.1, 0.15) is 42.4 Å². The van der Waals surface area contributed by atoms with E-state index in [1.54, 1.807) is 17.0 Å². The third-order valence-electron chi connectivity index (χ3n) is 5.67. The molecule has 2 aromatic rings. The van der Waals surface area contributed by atoms with Crippen LogP contribution in [0.25, 0.3) is 11.4 Å². The number of likely N-dealkylation sites (tertiary alicyclic amines) is 1. The fraction of sp³-hybridized carbons (Fsp3) is 0.526. The molecule has 0 bridgehead atoms. The summed E-state index contributed by atoms with van der Waals surface area (Å²) in [5, 5.41) is 6.38. The van der Waals surface area contributed by atoms with E-state index >= 15 is 0 Å². The number of hydrogen-bond donors (Lipinski definition) is 2. The largest absolute Gasteiger partial charge is 0.471 e. The second-order valence-corrected chi connectivity index (χ2v) is 7.73. The van der Waals surface area contributed by atoms with Crippen molar-refractivity contribution in [1.82, 2.24) is 15.5 Å². The predicted molar refractivity (Wildman–Crippen MR) is 93.5 cm³/mol. The summed E-state index contributed by atoms with van der Waals surface area (Å²) in [4.78, 5) is 17.4. The minimum absolute atomic E-state index is 0.163. The highest BCUT2D eigenvalue weighted by Gasteiger charge is 2.43. The van der Waals surface area contributed by atoms with Gasteiger partial charge in [-0.25, -0.2) is 0 Å². The van der Waals surface area contributed by atoms with Crippen LogP contribution in [0.3, 0.4) is 0 Å². The number of nitrogens with one attached hydrogen (secondary N) is 2. The average Bonchev–Trinajstić information content (AvgIpc) is 3.03. The Kier molecular flexibility index (Phi) is 4.86. The monoisotopic (exact) mass is 395 g/mol. The quantitative estimate of drug-likeness (QED) is 0.812. The van der Waals surface area contributed by atoms with Crippen molar-refractivity contribution in [3.05, 3.63) is 35.7 Å². The molecule has 3 unspecified atom stereocenters. The van der Waals surface area contributed by atoms with Gasteiger partial charge >= 0.3 is 12.1 Å². The van der Waals surface area contributed by atoms with E-state index in [9.17, 15) is 18.0 Å². The first kappa shape index (κ1) is 18.9. The highest BCUT2D eigenvalue weighted by atomic mass is 19.4. The SMILES string of the molecule is C[C@H]1CCC[NH+]1CC1CC1NC(=O)c1ccc(-c2noc(C(F)(F)F)n2)cc1. The van der Waals surface area contributed by atoms with Gasteiger partial charge in [0.1, 0.15) is 0 Å². The molecule has 1 aromatic heterocycles. The molecule has 6 nitrogen and oxygen atoms in total. The van der Waals surface area contributed by atoms with E-state index in [0.717, 1.165) is 13.0 Å². The van der Waals surface area contributed by atoms with Crippen molar-refractivity contribution in [1.29, 1.82) is 0 Å². The molecule has 9 heteroatoms. The van der Waals surface area contributed by atoms with E-state index in [-0.39, 0.29) is 17.8 Å². The van der Waals surface area contributed by atoms with Gasteiger partial charge in [0.15, 0.2) is 0 Å². The van der Waals surface area contributed by atoms with E-state index < -0.39 is 12.1 Å². The number of hydrogen-bond acceptors (Lipinski definition) is 4. The van der Waals surface area contributed by atoms with Gasteiger partial charge in [-0.05, 0) is 25.5 Å². The van der Waals surface area contributed by atoms with Crippen LogP contribution in [0.5, 0.6) is 0 Å². The second kappa shape index (κ2) is 7.20. The molecule has 1 aliphatic heterocycles. The Morgan fingerprint density at radius 1 is 1.32 bits per heavy atom. The molecule has 1 saturated heterocycles. The van der Waals surface area contributed by atoms with E-state index in [1.807, 2.05) is 0 Å². The molecule has 0 radical (unpaired) electrons.